The molecule has 4 rings (SSSR count). The number of furan rings is 1. The van der Waals surface area contributed by atoms with Crippen LogP contribution in [0.1, 0.15) is 30.3 Å². The molecule has 10 heteroatoms. The second-order valence-corrected chi connectivity index (χ2v) is 7.17. The van der Waals surface area contributed by atoms with Crippen LogP contribution in [0.25, 0.3) is 22.4 Å². The van der Waals surface area contributed by atoms with Gasteiger partial charge in [-0.1, -0.05) is 19.0 Å². The zero-order chi connectivity index (χ0) is 21.3. The molecule has 3 heterocycles. The third-order valence-corrected chi connectivity index (χ3v) is 4.39. The van der Waals surface area contributed by atoms with E-state index in [1.807, 2.05) is 13.8 Å². The fraction of sp³-hybridized carbons (Fsp3) is 0.250. The van der Waals surface area contributed by atoms with Gasteiger partial charge in [-0.3, -0.25) is 14.4 Å². The second-order valence-electron chi connectivity index (χ2n) is 7.17. The van der Waals surface area contributed by atoms with E-state index in [0.29, 0.717) is 29.0 Å². The molecule has 0 saturated carbocycles. The zero-order valence-corrected chi connectivity index (χ0v) is 16.3. The number of aromatic amines is 1. The minimum Gasteiger partial charge on any atom is -0.459 e. The Morgan fingerprint density at radius 1 is 1.27 bits per heavy atom. The molecule has 2 N–H and O–H groups in total. The lowest BCUT2D eigenvalue weighted by Crippen LogP contribution is -2.37. The van der Waals surface area contributed by atoms with Gasteiger partial charge < -0.3 is 23.8 Å². The van der Waals surface area contributed by atoms with Gasteiger partial charge in [0.15, 0.2) is 5.76 Å². The molecule has 30 heavy (non-hydrogen) atoms. The van der Waals surface area contributed by atoms with E-state index in [2.05, 4.69) is 20.4 Å². The Kier molecular flexibility index (Phi) is 5.05. The van der Waals surface area contributed by atoms with Crippen LogP contribution in [-0.2, 0) is 13.1 Å². The summed E-state index contributed by atoms with van der Waals surface area (Å²) in [7, 11) is 0. The fourth-order valence-corrected chi connectivity index (χ4v) is 3.06. The van der Waals surface area contributed by atoms with Crippen LogP contribution in [0.15, 0.2) is 55.1 Å². The molecule has 0 unspecified atom stereocenters. The van der Waals surface area contributed by atoms with E-state index in [1.54, 1.807) is 30.3 Å². The van der Waals surface area contributed by atoms with Gasteiger partial charge in [-0.25, -0.2) is 0 Å². The van der Waals surface area contributed by atoms with E-state index < -0.39 is 17.0 Å². The van der Waals surface area contributed by atoms with Crippen LogP contribution in [0.5, 0.6) is 0 Å². The Bertz CT molecular complexity index is 1310. The van der Waals surface area contributed by atoms with Crippen molar-refractivity contribution < 1.29 is 13.7 Å². The molecule has 0 saturated heterocycles. The average Bonchev–Trinajstić information content (AvgIpc) is 3.41. The van der Waals surface area contributed by atoms with Crippen LogP contribution in [0.4, 0.5) is 0 Å². The van der Waals surface area contributed by atoms with E-state index in [1.165, 1.54) is 10.8 Å². The van der Waals surface area contributed by atoms with Crippen molar-refractivity contribution in [1.82, 2.24) is 25.0 Å². The first-order valence-electron chi connectivity index (χ1n) is 9.34. The number of rotatable bonds is 6. The number of amides is 1. The van der Waals surface area contributed by atoms with Crippen molar-refractivity contribution in [3.63, 3.8) is 0 Å². The summed E-state index contributed by atoms with van der Waals surface area (Å²) in [4.78, 5) is 43.1. The lowest BCUT2D eigenvalue weighted by molar-refractivity contribution is 0.0918. The van der Waals surface area contributed by atoms with Crippen LogP contribution in [0, 0.1) is 5.92 Å². The highest BCUT2D eigenvalue weighted by Gasteiger charge is 2.14. The van der Waals surface area contributed by atoms with Gasteiger partial charge in [0.2, 0.25) is 11.7 Å². The number of benzene rings is 1. The van der Waals surface area contributed by atoms with Crippen molar-refractivity contribution in [1.29, 1.82) is 0 Å². The van der Waals surface area contributed by atoms with Crippen LogP contribution >= 0.6 is 0 Å². The van der Waals surface area contributed by atoms with E-state index in [0.717, 1.165) is 0 Å². The maximum Gasteiger partial charge on any atom is 0.316 e. The third kappa shape index (κ3) is 3.79. The molecule has 3 aromatic heterocycles. The predicted molar refractivity (Wildman–Crippen MR) is 107 cm³/mol. The topological polar surface area (TPSA) is 136 Å². The standard InChI is InChI=1S/C20H19N5O5/c1-11(2)10-25-14-6-5-12(8-13(14)22-19(27)20(25)28)17-23-16(30-24-17)9-21-18(26)15-4-3-7-29-15/h3-8,11H,9-10H2,1-2H3,(H,21,26)(H,22,27). The monoisotopic (exact) mass is 409 g/mol. The molecule has 0 spiro atoms. The van der Waals surface area contributed by atoms with Gasteiger partial charge in [-0.2, -0.15) is 4.98 Å². The van der Waals surface area contributed by atoms with Crippen LogP contribution in [0.3, 0.4) is 0 Å². The molecule has 10 nitrogen and oxygen atoms in total. The molecule has 1 amide bonds. The molecule has 0 bridgehead atoms. The highest BCUT2D eigenvalue weighted by atomic mass is 16.5. The molecule has 0 radical (unpaired) electrons. The molecule has 154 valence electrons. The van der Waals surface area contributed by atoms with E-state index in [4.69, 9.17) is 8.94 Å². The normalized spacial score (nSPS) is 11.3. The number of carbonyl (C=O) groups is 1. The SMILES string of the molecule is CC(C)Cn1c(=O)c(=O)[nH]c2cc(-c3noc(CNC(=O)c4ccco4)n3)ccc21. The summed E-state index contributed by atoms with van der Waals surface area (Å²) >= 11 is 0. The van der Waals surface area contributed by atoms with Crippen LogP contribution < -0.4 is 16.4 Å². The number of hydrogen-bond donors (Lipinski definition) is 2. The first kappa shape index (κ1) is 19.4. The predicted octanol–water partition coefficient (Wildman–Crippen LogP) is 1.92. The fourth-order valence-electron chi connectivity index (χ4n) is 3.06. The molecule has 0 aliphatic rings. The summed E-state index contributed by atoms with van der Waals surface area (Å²) in [5, 5.41) is 6.54. The summed E-state index contributed by atoms with van der Waals surface area (Å²) in [6, 6.07) is 8.32. The highest BCUT2D eigenvalue weighted by Crippen LogP contribution is 2.20. The first-order chi connectivity index (χ1) is 14.4. The molecular formula is C20H19N5O5. The molecule has 0 aliphatic carbocycles. The van der Waals surface area contributed by atoms with Crippen molar-refractivity contribution in [2.45, 2.75) is 26.9 Å². The first-order valence-corrected chi connectivity index (χ1v) is 9.34. The third-order valence-electron chi connectivity index (χ3n) is 4.39. The number of fused-ring (bicyclic) bond motifs is 1. The number of aromatic nitrogens is 4. The maximum atomic E-state index is 12.2. The van der Waals surface area contributed by atoms with Gasteiger partial charge in [-0.15, -0.1) is 0 Å². The van der Waals surface area contributed by atoms with Crippen LogP contribution in [0.2, 0.25) is 0 Å². The van der Waals surface area contributed by atoms with E-state index in [9.17, 15) is 14.4 Å². The maximum absolute atomic E-state index is 12.2. The summed E-state index contributed by atoms with van der Waals surface area (Å²) in [6.07, 6.45) is 1.41. The van der Waals surface area contributed by atoms with E-state index >= 15 is 0 Å². The summed E-state index contributed by atoms with van der Waals surface area (Å²) in [5.41, 5.74) is 0.440. The Hall–Kier alpha value is -3.95. The summed E-state index contributed by atoms with van der Waals surface area (Å²) in [6.45, 7) is 4.41. The van der Waals surface area contributed by atoms with Crippen molar-refractivity contribution in [3.8, 4) is 11.4 Å². The molecule has 0 aliphatic heterocycles. The minimum atomic E-state index is -0.685. The Balaban J connectivity index is 1.59. The number of nitrogens with one attached hydrogen (secondary N) is 2. The smallest absolute Gasteiger partial charge is 0.316 e. The van der Waals surface area contributed by atoms with Gasteiger partial charge in [0.25, 0.3) is 5.91 Å². The highest BCUT2D eigenvalue weighted by molar-refractivity contribution is 5.91. The van der Waals surface area contributed by atoms with Crippen LogP contribution in [-0.4, -0.2) is 25.6 Å². The lowest BCUT2D eigenvalue weighted by Gasteiger charge is -2.12. The number of nitrogens with zero attached hydrogens (tertiary/aromatic N) is 3. The van der Waals surface area contributed by atoms with Gasteiger partial charge in [0, 0.05) is 12.1 Å². The number of hydrogen-bond acceptors (Lipinski definition) is 7. The quantitative estimate of drug-likeness (QED) is 0.464. The van der Waals surface area contributed by atoms with E-state index in [-0.39, 0.29) is 24.1 Å². The van der Waals surface area contributed by atoms with Gasteiger partial charge in [-0.05, 0) is 36.2 Å². The number of H-pyrrole nitrogens is 1. The molecule has 0 fully saturated rings. The van der Waals surface area contributed by atoms with Crippen molar-refractivity contribution in [2.75, 3.05) is 0 Å². The number of carbonyl (C=O) groups excluding carboxylic acids is 1. The molecule has 4 aromatic rings. The molecule has 1 aromatic carbocycles. The van der Waals surface area contributed by atoms with Gasteiger partial charge in [0.05, 0.1) is 23.8 Å². The second kappa shape index (κ2) is 7.82. The molecular weight excluding hydrogens is 390 g/mol. The molecule has 0 atom stereocenters. The Labute approximate surface area is 169 Å². The zero-order valence-electron chi connectivity index (χ0n) is 16.3. The van der Waals surface area contributed by atoms with Crippen molar-refractivity contribution in [3.05, 3.63) is 69.0 Å². The average molecular weight is 409 g/mol. The largest absolute Gasteiger partial charge is 0.459 e. The van der Waals surface area contributed by atoms with Crippen molar-refractivity contribution in [2.24, 2.45) is 5.92 Å². The minimum absolute atomic E-state index is 0.0326. The summed E-state index contributed by atoms with van der Waals surface area (Å²) < 4.78 is 11.7. The lowest BCUT2D eigenvalue weighted by atomic mass is 10.1. The Morgan fingerprint density at radius 2 is 2.10 bits per heavy atom. The van der Waals surface area contributed by atoms with Gasteiger partial charge in [0.1, 0.15) is 0 Å². The van der Waals surface area contributed by atoms with Gasteiger partial charge >= 0.3 is 11.1 Å². The van der Waals surface area contributed by atoms with Crippen molar-refractivity contribution >= 4 is 16.9 Å². The summed E-state index contributed by atoms with van der Waals surface area (Å²) in [5.74, 6) is 0.486. The Morgan fingerprint density at radius 3 is 2.83 bits per heavy atom.